The second-order valence-corrected chi connectivity index (χ2v) is 9.90. The molecule has 0 aliphatic carbocycles. The first-order valence-corrected chi connectivity index (χ1v) is 12.9. The van der Waals surface area contributed by atoms with Gasteiger partial charge in [0.2, 0.25) is 11.8 Å². The maximum Gasteiger partial charge on any atom is 0.243 e. The van der Waals surface area contributed by atoms with Crippen molar-refractivity contribution in [2.24, 2.45) is 0 Å². The number of nitrogens with one attached hydrogen (secondary N) is 1. The lowest BCUT2D eigenvalue weighted by atomic mass is 10.0. The maximum atomic E-state index is 13.5. The van der Waals surface area contributed by atoms with E-state index >= 15 is 0 Å². The van der Waals surface area contributed by atoms with E-state index in [-0.39, 0.29) is 17.6 Å². The average Bonchev–Trinajstić information content (AvgIpc) is 2.81. The molecule has 33 heavy (non-hydrogen) atoms. The largest absolute Gasteiger partial charge is 0.355 e. The van der Waals surface area contributed by atoms with Crippen LogP contribution in [0.4, 0.5) is 0 Å². The molecule has 0 bridgehead atoms. The van der Waals surface area contributed by atoms with Crippen LogP contribution in [0.25, 0.3) is 0 Å². The van der Waals surface area contributed by atoms with Crippen molar-refractivity contribution >= 4 is 51.1 Å². The number of hydrogen-bond acceptors (Lipinski definition) is 3. The number of rotatable bonds is 10. The monoisotopic (exact) mass is 544 g/mol. The van der Waals surface area contributed by atoms with Crippen LogP contribution in [0.3, 0.4) is 0 Å². The second-order valence-electron chi connectivity index (χ2n) is 7.49. The third kappa shape index (κ3) is 7.91. The smallest absolute Gasteiger partial charge is 0.243 e. The summed E-state index contributed by atoms with van der Waals surface area (Å²) in [5.41, 5.74) is 1.96. The molecule has 172 valence electrons. The van der Waals surface area contributed by atoms with Gasteiger partial charge in [-0.2, -0.15) is 0 Å². The van der Waals surface area contributed by atoms with E-state index in [2.05, 4.69) is 21.2 Å². The van der Waals surface area contributed by atoms with Crippen LogP contribution < -0.4 is 5.32 Å². The fourth-order valence-electron chi connectivity index (χ4n) is 3.44. The standard InChI is InChI=1S/C26H26BrClN2O2S/c1-2-29-26(32)24(16-19-7-4-3-5-8-19)30(17-20-9-6-10-21(27)15-20)25(31)18-33-23-13-11-22(28)12-14-23/h3-15,24H,2,16-18H2,1H3,(H,29,32). The van der Waals surface area contributed by atoms with Gasteiger partial charge in [0.05, 0.1) is 5.75 Å². The fourth-order valence-corrected chi connectivity index (χ4v) is 4.79. The van der Waals surface area contributed by atoms with Gasteiger partial charge in [-0.15, -0.1) is 11.8 Å². The highest BCUT2D eigenvalue weighted by atomic mass is 79.9. The Kier molecular flexibility index (Phi) is 9.85. The van der Waals surface area contributed by atoms with Crippen molar-refractivity contribution in [1.82, 2.24) is 10.2 Å². The number of hydrogen-bond donors (Lipinski definition) is 1. The van der Waals surface area contributed by atoms with Crippen molar-refractivity contribution in [2.45, 2.75) is 30.8 Å². The molecule has 0 heterocycles. The summed E-state index contributed by atoms with van der Waals surface area (Å²) in [7, 11) is 0. The molecule has 4 nitrogen and oxygen atoms in total. The third-order valence-electron chi connectivity index (χ3n) is 5.04. The van der Waals surface area contributed by atoms with Crippen LogP contribution in [0.2, 0.25) is 5.02 Å². The first kappa shape index (κ1) is 25.3. The van der Waals surface area contributed by atoms with Gasteiger partial charge in [-0.25, -0.2) is 0 Å². The SMILES string of the molecule is CCNC(=O)C(Cc1ccccc1)N(Cc1cccc(Br)c1)C(=O)CSc1ccc(Cl)cc1. The van der Waals surface area contributed by atoms with E-state index in [4.69, 9.17) is 11.6 Å². The summed E-state index contributed by atoms with van der Waals surface area (Å²) in [5.74, 6) is -0.0244. The molecule has 3 aromatic rings. The zero-order valence-corrected chi connectivity index (χ0v) is 21.5. The Bertz CT molecular complexity index is 1060. The van der Waals surface area contributed by atoms with Crippen LogP contribution in [0.15, 0.2) is 88.2 Å². The van der Waals surface area contributed by atoms with E-state index in [0.29, 0.717) is 24.5 Å². The van der Waals surface area contributed by atoms with Gasteiger partial charge < -0.3 is 10.2 Å². The number of likely N-dealkylation sites (N-methyl/N-ethyl adjacent to an activating group) is 1. The molecule has 7 heteroatoms. The van der Waals surface area contributed by atoms with Gasteiger partial charge in [0, 0.05) is 33.9 Å². The van der Waals surface area contributed by atoms with Crippen LogP contribution in [0.1, 0.15) is 18.1 Å². The molecule has 2 amide bonds. The van der Waals surface area contributed by atoms with Crippen molar-refractivity contribution in [3.8, 4) is 0 Å². The molecular formula is C26H26BrClN2O2S. The molecule has 0 fully saturated rings. The van der Waals surface area contributed by atoms with Crippen molar-refractivity contribution in [3.63, 3.8) is 0 Å². The summed E-state index contributed by atoms with van der Waals surface area (Å²) in [6.07, 6.45) is 0.442. The first-order chi connectivity index (χ1) is 16.0. The van der Waals surface area contributed by atoms with Crippen LogP contribution in [-0.4, -0.2) is 35.1 Å². The molecule has 1 atom stereocenters. The molecule has 1 unspecified atom stereocenters. The molecule has 0 aromatic heterocycles. The number of benzene rings is 3. The second kappa shape index (κ2) is 12.8. The number of carbonyl (C=O) groups is 2. The van der Waals surface area contributed by atoms with Crippen LogP contribution in [0, 0.1) is 0 Å². The summed E-state index contributed by atoms with van der Waals surface area (Å²) in [5, 5.41) is 3.57. The Morgan fingerprint density at radius 1 is 1.00 bits per heavy atom. The fraction of sp³-hybridized carbons (Fsp3) is 0.231. The van der Waals surface area contributed by atoms with Crippen molar-refractivity contribution in [2.75, 3.05) is 12.3 Å². The summed E-state index contributed by atoms with van der Waals surface area (Å²) < 4.78 is 0.931. The van der Waals surface area contributed by atoms with Crippen molar-refractivity contribution < 1.29 is 9.59 Å². The van der Waals surface area contributed by atoms with Crippen molar-refractivity contribution in [3.05, 3.63) is 99.5 Å². The predicted molar refractivity (Wildman–Crippen MR) is 139 cm³/mol. The zero-order valence-electron chi connectivity index (χ0n) is 18.3. The molecule has 3 rings (SSSR count). The Morgan fingerprint density at radius 2 is 1.70 bits per heavy atom. The number of amides is 2. The lowest BCUT2D eigenvalue weighted by Crippen LogP contribution is -2.51. The Balaban J connectivity index is 1.88. The normalized spacial score (nSPS) is 11.6. The van der Waals surface area contributed by atoms with Crippen LogP contribution >= 0.6 is 39.3 Å². The Labute approximate surface area is 212 Å². The third-order valence-corrected chi connectivity index (χ3v) is 6.78. The molecule has 0 aliphatic rings. The zero-order chi connectivity index (χ0) is 23.6. The summed E-state index contributed by atoms with van der Waals surface area (Å²) in [6.45, 7) is 2.73. The van der Waals surface area contributed by atoms with Gasteiger partial charge >= 0.3 is 0 Å². The maximum absolute atomic E-state index is 13.5. The molecule has 0 aliphatic heterocycles. The van der Waals surface area contributed by atoms with E-state index in [1.807, 2.05) is 73.7 Å². The minimum absolute atomic E-state index is 0.0953. The molecular weight excluding hydrogens is 520 g/mol. The number of thioether (sulfide) groups is 1. The van der Waals surface area contributed by atoms with Gasteiger partial charge in [-0.05, 0) is 54.4 Å². The lowest BCUT2D eigenvalue weighted by molar-refractivity contribution is -0.139. The number of nitrogens with zero attached hydrogens (tertiary/aromatic N) is 1. The van der Waals surface area contributed by atoms with E-state index in [1.165, 1.54) is 11.8 Å². The Morgan fingerprint density at radius 3 is 2.36 bits per heavy atom. The van der Waals surface area contributed by atoms with E-state index < -0.39 is 6.04 Å². The number of halogens is 2. The highest BCUT2D eigenvalue weighted by Crippen LogP contribution is 2.23. The quantitative estimate of drug-likeness (QED) is 0.319. The Hall–Kier alpha value is -2.28. The summed E-state index contributed by atoms with van der Waals surface area (Å²) >= 11 is 10.9. The predicted octanol–water partition coefficient (Wildman–Crippen LogP) is 5.97. The van der Waals surface area contributed by atoms with Gasteiger partial charge in [-0.3, -0.25) is 9.59 Å². The molecule has 3 aromatic carbocycles. The number of carbonyl (C=O) groups excluding carboxylic acids is 2. The highest BCUT2D eigenvalue weighted by molar-refractivity contribution is 9.10. The highest BCUT2D eigenvalue weighted by Gasteiger charge is 2.30. The average molecular weight is 546 g/mol. The van der Waals surface area contributed by atoms with Gasteiger partial charge in [0.15, 0.2) is 0 Å². The van der Waals surface area contributed by atoms with Crippen molar-refractivity contribution in [1.29, 1.82) is 0 Å². The topological polar surface area (TPSA) is 49.4 Å². The molecule has 0 radical (unpaired) electrons. The van der Waals surface area contributed by atoms with Crippen LogP contribution in [0.5, 0.6) is 0 Å². The van der Waals surface area contributed by atoms with Gasteiger partial charge in [0.25, 0.3) is 0 Å². The van der Waals surface area contributed by atoms with E-state index in [0.717, 1.165) is 20.5 Å². The summed E-state index contributed by atoms with van der Waals surface area (Å²) in [4.78, 5) is 29.3. The molecule has 1 N–H and O–H groups in total. The van der Waals surface area contributed by atoms with Gasteiger partial charge in [-0.1, -0.05) is 70.0 Å². The van der Waals surface area contributed by atoms with E-state index in [9.17, 15) is 9.59 Å². The minimum atomic E-state index is -0.621. The van der Waals surface area contributed by atoms with Crippen LogP contribution in [-0.2, 0) is 22.6 Å². The van der Waals surface area contributed by atoms with E-state index in [1.54, 1.807) is 17.0 Å². The molecule has 0 spiro atoms. The first-order valence-electron chi connectivity index (χ1n) is 10.7. The minimum Gasteiger partial charge on any atom is -0.355 e. The van der Waals surface area contributed by atoms with Gasteiger partial charge in [0.1, 0.15) is 6.04 Å². The molecule has 0 saturated heterocycles. The summed E-state index contributed by atoms with van der Waals surface area (Å²) in [6, 6.07) is 24.4. The lowest BCUT2D eigenvalue weighted by Gasteiger charge is -2.31. The molecule has 0 saturated carbocycles.